The Hall–Kier alpha value is -0.580. The molecule has 0 aliphatic carbocycles. The molecule has 2 N–H and O–H groups in total. The number of aliphatic hydroxyl groups is 1. The van der Waals surface area contributed by atoms with E-state index in [1.807, 2.05) is 13.0 Å². The van der Waals surface area contributed by atoms with Gasteiger partial charge >= 0.3 is 0 Å². The van der Waals surface area contributed by atoms with E-state index in [2.05, 4.69) is 19.2 Å². The van der Waals surface area contributed by atoms with Gasteiger partial charge in [-0.05, 0) is 37.1 Å². The minimum atomic E-state index is -0.447. The molecule has 0 heterocycles. The van der Waals surface area contributed by atoms with Crippen molar-refractivity contribution in [3.05, 3.63) is 29.6 Å². The minimum absolute atomic E-state index is 0.0144. The molecule has 0 spiro atoms. The van der Waals surface area contributed by atoms with Crippen molar-refractivity contribution in [2.24, 2.45) is 5.92 Å². The van der Waals surface area contributed by atoms with Gasteiger partial charge in [0.1, 0.15) is 5.82 Å². The van der Waals surface area contributed by atoms with Gasteiger partial charge < -0.3 is 10.4 Å². The van der Waals surface area contributed by atoms with E-state index in [9.17, 15) is 9.50 Å². The molecule has 0 aliphatic rings. The lowest BCUT2D eigenvalue weighted by molar-refractivity contribution is 0.196. The van der Waals surface area contributed by atoms with Crippen molar-refractivity contribution in [2.75, 3.05) is 6.54 Å². The molecule has 0 amide bonds. The molecule has 2 unspecified atom stereocenters. The van der Waals surface area contributed by atoms with Crippen LogP contribution in [0, 0.1) is 11.7 Å². The van der Waals surface area contributed by atoms with Crippen LogP contribution in [-0.4, -0.2) is 23.0 Å². The van der Waals surface area contributed by atoms with Crippen LogP contribution in [0.25, 0.3) is 0 Å². The van der Waals surface area contributed by atoms with Gasteiger partial charge in [-0.25, -0.2) is 4.39 Å². The predicted molar refractivity (Wildman–Crippen MR) is 79.9 cm³/mol. The molecule has 0 radical (unpaired) electrons. The van der Waals surface area contributed by atoms with E-state index in [0.29, 0.717) is 17.4 Å². The van der Waals surface area contributed by atoms with Crippen LogP contribution >= 0.6 is 11.8 Å². The Morgan fingerprint density at radius 1 is 1.26 bits per heavy atom. The number of hydrogen-bond donors (Lipinski definition) is 2. The van der Waals surface area contributed by atoms with Crippen molar-refractivity contribution in [1.29, 1.82) is 0 Å². The average molecular weight is 285 g/mol. The highest BCUT2D eigenvalue weighted by Gasteiger charge is 2.13. The number of hydrogen-bond acceptors (Lipinski definition) is 3. The summed E-state index contributed by atoms with van der Waals surface area (Å²) in [6, 6.07) is 5.31. The molecule has 0 saturated heterocycles. The number of benzene rings is 1. The lowest BCUT2D eigenvalue weighted by Crippen LogP contribution is -2.19. The van der Waals surface area contributed by atoms with Gasteiger partial charge in [0.25, 0.3) is 0 Å². The summed E-state index contributed by atoms with van der Waals surface area (Å²) < 4.78 is 13.9. The molecular weight excluding hydrogens is 261 g/mol. The van der Waals surface area contributed by atoms with Crippen LogP contribution in [0.15, 0.2) is 23.1 Å². The van der Waals surface area contributed by atoms with Gasteiger partial charge in [-0.2, -0.15) is 0 Å². The van der Waals surface area contributed by atoms with Gasteiger partial charge in [0.2, 0.25) is 0 Å². The third-order valence-corrected chi connectivity index (χ3v) is 4.22. The second-order valence-corrected chi connectivity index (χ2v) is 6.77. The second-order valence-electron chi connectivity index (χ2n) is 5.35. The third-order valence-electron chi connectivity index (χ3n) is 2.87. The van der Waals surface area contributed by atoms with Crippen LogP contribution in [0.1, 0.15) is 33.3 Å². The van der Waals surface area contributed by atoms with Gasteiger partial charge in [-0.1, -0.05) is 26.8 Å². The van der Waals surface area contributed by atoms with Crippen LogP contribution in [0.5, 0.6) is 0 Å². The lowest BCUT2D eigenvalue weighted by atomic mass is 10.2. The van der Waals surface area contributed by atoms with E-state index in [1.165, 1.54) is 11.8 Å². The van der Waals surface area contributed by atoms with Crippen molar-refractivity contribution in [2.45, 2.75) is 50.5 Å². The normalized spacial score (nSPS) is 14.7. The SMILES string of the molecule is CC(C)CNCc1ccc(SC(C)C(C)O)c(F)c1. The van der Waals surface area contributed by atoms with E-state index in [0.717, 1.165) is 12.1 Å². The highest BCUT2D eigenvalue weighted by atomic mass is 32.2. The van der Waals surface area contributed by atoms with Crippen LogP contribution in [-0.2, 0) is 6.54 Å². The Morgan fingerprint density at radius 2 is 1.95 bits per heavy atom. The molecule has 0 fully saturated rings. The van der Waals surface area contributed by atoms with Crippen LogP contribution in [0.3, 0.4) is 0 Å². The van der Waals surface area contributed by atoms with Crippen molar-refractivity contribution in [3.63, 3.8) is 0 Å². The van der Waals surface area contributed by atoms with E-state index < -0.39 is 6.10 Å². The van der Waals surface area contributed by atoms with Crippen LogP contribution in [0.2, 0.25) is 0 Å². The predicted octanol–water partition coefficient (Wildman–Crippen LogP) is 3.43. The maximum absolute atomic E-state index is 13.9. The Bertz CT molecular complexity index is 396. The molecule has 2 nitrogen and oxygen atoms in total. The molecule has 19 heavy (non-hydrogen) atoms. The highest BCUT2D eigenvalue weighted by molar-refractivity contribution is 8.00. The molecule has 0 saturated carbocycles. The quantitative estimate of drug-likeness (QED) is 0.753. The number of thioether (sulfide) groups is 1. The smallest absolute Gasteiger partial charge is 0.137 e. The van der Waals surface area contributed by atoms with E-state index in [-0.39, 0.29) is 11.1 Å². The van der Waals surface area contributed by atoms with Gasteiger partial charge in [-0.15, -0.1) is 11.8 Å². The molecule has 2 atom stereocenters. The number of halogens is 1. The van der Waals surface area contributed by atoms with E-state index >= 15 is 0 Å². The second kappa shape index (κ2) is 7.88. The van der Waals surface area contributed by atoms with Gasteiger partial charge in [0, 0.05) is 16.7 Å². The number of nitrogens with one attached hydrogen (secondary N) is 1. The van der Waals surface area contributed by atoms with Crippen molar-refractivity contribution in [3.8, 4) is 0 Å². The van der Waals surface area contributed by atoms with Crippen LogP contribution < -0.4 is 5.32 Å². The lowest BCUT2D eigenvalue weighted by Gasteiger charge is -2.15. The Labute approximate surface area is 119 Å². The summed E-state index contributed by atoms with van der Waals surface area (Å²) in [5.41, 5.74) is 0.951. The Morgan fingerprint density at radius 3 is 2.47 bits per heavy atom. The first kappa shape index (κ1) is 16.5. The highest BCUT2D eigenvalue weighted by Crippen LogP contribution is 2.28. The summed E-state index contributed by atoms with van der Waals surface area (Å²) in [5.74, 6) is 0.382. The molecule has 0 aliphatic heterocycles. The molecule has 1 aromatic rings. The summed E-state index contributed by atoms with van der Waals surface area (Å²) >= 11 is 1.37. The van der Waals surface area contributed by atoms with Crippen molar-refractivity contribution in [1.82, 2.24) is 5.32 Å². The fraction of sp³-hybridized carbons (Fsp3) is 0.600. The molecule has 108 valence electrons. The first-order valence-corrected chi connectivity index (χ1v) is 7.62. The van der Waals surface area contributed by atoms with Gasteiger partial charge in [0.15, 0.2) is 0 Å². The van der Waals surface area contributed by atoms with Gasteiger partial charge in [-0.3, -0.25) is 0 Å². The fourth-order valence-electron chi connectivity index (χ4n) is 1.55. The Balaban J connectivity index is 2.59. The molecule has 0 bridgehead atoms. The first-order valence-electron chi connectivity index (χ1n) is 6.74. The van der Waals surface area contributed by atoms with E-state index in [1.54, 1.807) is 19.1 Å². The first-order chi connectivity index (χ1) is 8.90. The molecule has 1 rings (SSSR count). The summed E-state index contributed by atoms with van der Waals surface area (Å²) in [7, 11) is 0. The van der Waals surface area contributed by atoms with E-state index in [4.69, 9.17) is 0 Å². The third kappa shape index (κ3) is 5.93. The van der Waals surface area contributed by atoms with Crippen molar-refractivity contribution >= 4 is 11.8 Å². The number of rotatable bonds is 7. The largest absolute Gasteiger partial charge is 0.392 e. The van der Waals surface area contributed by atoms with Gasteiger partial charge in [0.05, 0.1) is 6.10 Å². The average Bonchev–Trinajstić information content (AvgIpc) is 2.31. The monoisotopic (exact) mass is 285 g/mol. The maximum atomic E-state index is 13.9. The number of aliphatic hydroxyl groups excluding tert-OH is 1. The Kier molecular flexibility index (Phi) is 6.83. The minimum Gasteiger partial charge on any atom is -0.392 e. The van der Waals surface area contributed by atoms with Crippen LogP contribution in [0.4, 0.5) is 4.39 Å². The van der Waals surface area contributed by atoms with Crippen molar-refractivity contribution < 1.29 is 9.50 Å². The summed E-state index contributed by atoms with van der Waals surface area (Å²) in [6.45, 7) is 9.52. The molecule has 1 aromatic carbocycles. The molecule has 4 heteroatoms. The summed E-state index contributed by atoms with van der Waals surface area (Å²) in [5, 5.41) is 12.7. The standard InChI is InChI=1S/C15H24FNOS/c1-10(2)8-17-9-13-5-6-15(14(16)7-13)19-12(4)11(3)18/h5-7,10-12,17-18H,8-9H2,1-4H3. The zero-order chi connectivity index (χ0) is 14.4. The summed E-state index contributed by atoms with van der Waals surface area (Å²) in [4.78, 5) is 0.598. The zero-order valence-corrected chi connectivity index (χ0v) is 12.9. The molecule has 0 aromatic heterocycles. The summed E-state index contributed by atoms with van der Waals surface area (Å²) in [6.07, 6.45) is -0.447. The fourth-order valence-corrected chi connectivity index (χ4v) is 2.47. The maximum Gasteiger partial charge on any atom is 0.137 e. The zero-order valence-electron chi connectivity index (χ0n) is 12.1. The topological polar surface area (TPSA) is 32.3 Å². The molecular formula is C15H24FNOS.